The molecule has 1 fully saturated rings. The summed E-state index contributed by atoms with van der Waals surface area (Å²) in [5.41, 5.74) is 2.43. The van der Waals surface area contributed by atoms with Crippen LogP contribution in [0.4, 0.5) is 5.69 Å². The molecule has 0 N–H and O–H groups in total. The minimum atomic E-state index is -0.822. The number of carbonyl (C=O) groups is 3. The van der Waals surface area contributed by atoms with E-state index in [2.05, 4.69) is 13.8 Å². The van der Waals surface area contributed by atoms with Crippen molar-refractivity contribution in [2.45, 2.75) is 58.5 Å². The fraction of sp³-hybridized carbons (Fsp3) is 0.375. The summed E-state index contributed by atoms with van der Waals surface area (Å²) in [7, 11) is 0. The van der Waals surface area contributed by atoms with E-state index in [0.29, 0.717) is 29.5 Å². The Labute approximate surface area is 182 Å². The van der Waals surface area contributed by atoms with Crippen molar-refractivity contribution in [2.24, 2.45) is 0 Å². The summed E-state index contributed by atoms with van der Waals surface area (Å²) in [4.78, 5) is 41.6. The van der Waals surface area contributed by atoms with Crippen LogP contribution in [0.3, 0.4) is 0 Å². The largest absolute Gasteiger partial charge is 0.326 e. The first-order valence-electron chi connectivity index (χ1n) is 10.3. The number of imide groups is 1. The number of hydrogen-bond donors (Lipinski definition) is 0. The molecule has 2 aromatic carbocycles. The molecule has 158 valence electrons. The molecule has 1 unspecified atom stereocenters. The molecule has 0 aromatic heterocycles. The molecule has 1 saturated heterocycles. The molecule has 1 aliphatic heterocycles. The van der Waals surface area contributed by atoms with E-state index < -0.39 is 6.04 Å². The van der Waals surface area contributed by atoms with Gasteiger partial charge < -0.3 is 4.90 Å². The van der Waals surface area contributed by atoms with Crippen molar-refractivity contribution in [2.75, 3.05) is 4.90 Å². The maximum atomic E-state index is 13.2. The van der Waals surface area contributed by atoms with E-state index >= 15 is 0 Å². The number of carbonyl (C=O) groups excluding carboxylic acids is 3. The Morgan fingerprint density at radius 3 is 2.40 bits per heavy atom. The number of rotatable bonds is 7. The summed E-state index contributed by atoms with van der Waals surface area (Å²) in [6.45, 7) is 6.28. The van der Waals surface area contributed by atoms with Gasteiger partial charge in [0.1, 0.15) is 6.04 Å². The second-order valence-corrected chi connectivity index (χ2v) is 8.30. The van der Waals surface area contributed by atoms with Crippen molar-refractivity contribution in [3.8, 4) is 0 Å². The van der Waals surface area contributed by atoms with E-state index in [0.717, 1.165) is 11.1 Å². The van der Waals surface area contributed by atoms with Gasteiger partial charge in [0, 0.05) is 18.0 Å². The van der Waals surface area contributed by atoms with Gasteiger partial charge in [-0.2, -0.15) is 0 Å². The van der Waals surface area contributed by atoms with Gasteiger partial charge in [0.25, 0.3) is 5.91 Å². The minimum Gasteiger partial charge on any atom is -0.326 e. The van der Waals surface area contributed by atoms with Gasteiger partial charge in [-0.25, -0.2) is 4.90 Å². The van der Waals surface area contributed by atoms with Crippen molar-refractivity contribution < 1.29 is 14.4 Å². The molecule has 6 heteroatoms. The molecular weight excluding hydrogens is 400 g/mol. The molecule has 5 nitrogen and oxygen atoms in total. The van der Waals surface area contributed by atoms with Gasteiger partial charge >= 0.3 is 0 Å². The zero-order valence-electron chi connectivity index (χ0n) is 17.6. The standard InChI is InChI=1S/C24H27ClN2O3/c1-4-7-22(28)26(15-18-8-5-6-9-20(18)25)21-14-23(29)27(24(21)30)19-12-10-17(11-13-19)16(2)3/h5-6,8-13,16,21H,4,7,14-15H2,1-3H3. The van der Waals surface area contributed by atoms with Gasteiger partial charge in [-0.3, -0.25) is 14.4 Å². The Balaban J connectivity index is 1.89. The maximum Gasteiger partial charge on any atom is 0.257 e. The summed E-state index contributed by atoms with van der Waals surface area (Å²) in [6.07, 6.45) is 0.948. The lowest BCUT2D eigenvalue weighted by Gasteiger charge is -2.28. The average molecular weight is 427 g/mol. The average Bonchev–Trinajstić information content (AvgIpc) is 3.01. The highest BCUT2D eigenvalue weighted by atomic mass is 35.5. The van der Waals surface area contributed by atoms with Crippen LogP contribution in [0.25, 0.3) is 0 Å². The lowest BCUT2D eigenvalue weighted by molar-refractivity contribution is -0.139. The van der Waals surface area contributed by atoms with Crippen molar-refractivity contribution >= 4 is 35.0 Å². The fourth-order valence-electron chi connectivity index (χ4n) is 3.68. The first-order chi connectivity index (χ1) is 14.3. The van der Waals surface area contributed by atoms with Gasteiger partial charge in [0.15, 0.2) is 0 Å². The lowest BCUT2D eigenvalue weighted by Crippen LogP contribution is -2.45. The maximum absolute atomic E-state index is 13.2. The quantitative estimate of drug-likeness (QED) is 0.590. The third-order valence-corrected chi connectivity index (χ3v) is 5.77. The summed E-state index contributed by atoms with van der Waals surface area (Å²) in [6, 6.07) is 13.9. The highest BCUT2D eigenvalue weighted by Crippen LogP contribution is 2.29. The first kappa shape index (κ1) is 22.0. The van der Waals surface area contributed by atoms with Gasteiger partial charge in [-0.15, -0.1) is 0 Å². The molecule has 0 aliphatic carbocycles. The van der Waals surface area contributed by atoms with Crippen molar-refractivity contribution in [1.29, 1.82) is 0 Å². The summed E-state index contributed by atoms with van der Waals surface area (Å²) >= 11 is 6.29. The van der Waals surface area contributed by atoms with Gasteiger partial charge in [0.05, 0.1) is 12.1 Å². The summed E-state index contributed by atoms with van der Waals surface area (Å²) in [5, 5.41) is 0.532. The van der Waals surface area contributed by atoms with Gasteiger partial charge in [-0.1, -0.05) is 62.7 Å². The van der Waals surface area contributed by atoms with Crippen molar-refractivity contribution in [3.05, 3.63) is 64.7 Å². The Morgan fingerprint density at radius 1 is 1.13 bits per heavy atom. The number of amides is 3. The Hall–Kier alpha value is -2.66. The number of nitrogens with zero attached hydrogens (tertiary/aromatic N) is 2. The molecule has 1 aliphatic rings. The zero-order chi connectivity index (χ0) is 21.8. The number of hydrogen-bond acceptors (Lipinski definition) is 3. The zero-order valence-corrected chi connectivity index (χ0v) is 18.4. The molecule has 0 bridgehead atoms. The highest BCUT2D eigenvalue weighted by Gasteiger charge is 2.44. The van der Waals surface area contributed by atoms with E-state index in [1.165, 1.54) is 9.80 Å². The second-order valence-electron chi connectivity index (χ2n) is 7.90. The molecule has 2 aromatic rings. The third-order valence-electron chi connectivity index (χ3n) is 5.40. The SMILES string of the molecule is CCCC(=O)N(Cc1ccccc1Cl)C1CC(=O)N(c2ccc(C(C)C)cc2)C1=O. The highest BCUT2D eigenvalue weighted by molar-refractivity contribution is 6.31. The third kappa shape index (κ3) is 4.57. The van der Waals surface area contributed by atoms with Crippen LogP contribution in [0, 0.1) is 0 Å². The first-order valence-corrected chi connectivity index (χ1v) is 10.7. The van der Waals surface area contributed by atoms with Crippen molar-refractivity contribution in [3.63, 3.8) is 0 Å². The van der Waals surface area contributed by atoms with Gasteiger partial charge in [0.2, 0.25) is 11.8 Å². The van der Waals surface area contributed by atoms with E-state index in [9.17, 15) is 14.4 Å². The van der Waals surface area contributed by atoms with Crippen LogP contribution in [0.5, 0.6) is 0 Å². The topological polar surface area (TPSA) is 57.7 Å². The van der Waals surface area contributed by atoms with Crippen molar-refractivity contribution in [1.82, 2.24) is 4.90 Å². The van der Waals surface area contributed by atoms with Crippen LogP contribution in [0.1, 0.15) is 57.1 Å². The smallest absolute Gasteiger partial charge is 0.257 e. The summed E-state index contributed by atoms with van der Waals surface area (Å²) < 4.78 is 0. The Bertz CT molecular complexity index is 940. The second kappa shape index (κ2) is 9.43. The molecule has 0 saturated carbocycles. The molecule has 3 rings (SSSR count). The monoisotopic (exact) mass is 426 g/mol. The Kier molecular flexibility index (Phi) is 6.93. The van der Waals surface area contributed by atoms with E-state index in [1.54, 1.807) is 18.2 Å². The molecule has 1 atom stereocenters. The predicted molar refractivity (Wildman–Crippen MR) is 118 cm³/mol. The van der Waals surface area contributed by atoms with Crippen LogP contribution in [-0.2, 0) is 20.9 Å². The number of anilines is 1. The van der Waals surface area contributed by atoms with Crippen LogP contribution >= 0.6 is 11.6 Å². The molecular formula is C24H27ClN2O3. The van der Waals surface area contributed by atoms with E-state index in [4.69, 9.17) is 11.6 Å². The number of benzene rings is 2. The molecule has 0 spiro atoms. The lowest BCUT2D eigenvalue weighted by atomic mass is 10.0. The van der Waals surface area contributed by atoms with E-state index in [-0.39, 0.29) is 30.7 Å². The van der Waals surface area contributed by atoms with E-state index in [1.807, 2.05) is 37.3 Å². The van der Waals surface area contributed by atoms with Crippen LogP contribution in [0.15, 0.2) is 48.5 Å². The minimum absolute atomic E-state index is 0.0231. The molecule has 3 amide bonds. The van der Waals surface area contributed by atoms with Crippen LogP contribution in [-0.4, -0.2) is 28.7 Å². The van der Waals surface area contributed by atoms with Crippen LogP contribution in [0.2, 0.25) is 5.02 Å². The van der Waals surface area contributed by atoms with Gasteiger partial charge in [-0.05, 0) is 41.7 Å². The number of halogens is 1. The molecule has 0 radical (unpaired) electrons. The molecule has 30 heavy (non-hydrogen) atoms. The fourth-order valence-corrected chi connectivity index (χ4v) is 3.87. The Morgan fingerprint density at radius 2 is 1.80 bits per heavy atom. The normalized spacial score (nSPS) is 16.4. The molecule has 1 heterocycles. The predicted octanol–water partition coefficient (Wildman–Crippen LogP) is 4.92. The summed E-state index contributed by atoms with van der Waals surface area (Å²) in [5.74, 6) is -0.459. The van der Waals surface area contributed by atoms with Crippen LogP contribution < -0.4 is 4.90 Å².